The average molecular weight is 326 g/mol. The number of benzene rings is 1. The van der Waals surface area contributed by atoms with Crippen LogP contribution in [0.5, 0.6) is 0 Å². The van der Waals surface area contributed by atoms with Gasteiger partial charge >= 0.3 is 11.9 Å². The molecule has 0 saturated heterocycles. The van der Waals surface area contributed by atoms with Crippen LogP contribution in [0.1, 0.15) is 25.8 Å². The summed E-state index contributed by atoms with van der Waals surface area (Å²) >= 11 is -1.15. The van der Waals surface area contributed by atoms with Crippen LogP contribution in [-0.4, -0.2) is 35.5 Å². The van der Waals surface area contributed by atoms with Gasteiger partial charge in [0.15, 0.2) is 5.92 Å². The van der Waals surface area contributed by atoms with Gasteiger partial charge in [-0.25, -0.2) is 0 Å². The molecule has 0 N–H and O–H groups in total. The molecule has 1 aromatic rings. The normalized spacial score (nSPS) is 12.0. The number of esters is 2. The summed E-state index contributed by atoms with van der Waals surface area (Å²) in [6.07, 6.45) is 0.164. The van der Waals surface area contributed by atoms with Crippen LogP contribution in [0.15, 0.2) is 30.3 Å². The van der Waals surface area contributed by atoms with Gasteiger partial charge in [-0.15, -0.1) is 0 Å². The van der Waals surface area contributed by atoms with Crippen LogP contribution in [-0.2, 0) is 36.0 Å². The number of hydrogen-bond acceptors (Lipinski definition) is 5. The number of carbonyl (C=O) groups excluding carboxylic acids is 2. The van der Waals surface area contributed by atoms with Gasteiger partial charge < -0.3 is 14.0 Å². The highest BCUT2D eigenvalue weighted by Gasteiger charge is 2.30. The molecule has 0 aliphatic heterocycles. The van der Waals surface area contributed by atoms with E-state index in [-0.39, 0.29) is 25.4 Å². The largest absolute Gasteiger partial charge is 0.616 e. The van der Waals surface area contributed by atoms with Crippen LogP contribution in [0.4, 0.5) is 0 Å². The summed E-state index contributed by atoms with van der Waals surface area (Å²) in [5.74, 6) is -1.58. The van der Waals surface area contributed by atoms with Crippen LogP contribution in [0.25, 0.3) is 0 Å². The Balaban J connectivity index is 2.54. The zero-order valence-corrected chi connectivity index (χ0v) is 13.8. The Morgan fingerprint density at radius 2 is 1.64 bits per heavy atom. The predicted octanol–water partition coefficient (Wildman–Crippen LogP) is 2.07. The first kappa shape index (κ1) is 18.5. The third-order valence-corrected chi connectivity index (χ3v) is 4.29. The molecule has 0 saturated carbocycles. The predicted molar refractivity (Wildman–Crippen MR) is 84.5 cm³/mol. The lowest BCUT2D eigenvalue weighted by atomic mass is 10.1. The first-order valence-corrected chi connectivity index (χ1v) is 8.79. The molecule has 22 heavy (non-hydrogen) atoms. The van der Waals surface area contributed by atoms with Crippen molar-refractivity contribution in [2.75, 3.05) is 19.0 Å². The number of carbonyl (C=O) groups is 2. The zero-order chi connectivity index (χ0) is 16.4. The second-order valence-electron chi connectivity index (χ2n) is 4.62. The van der Waals surface area contributed by atoms with Crippen molar-refractivity contribution in [2.24, 2.45) is 5.92 Å². The first-order valence-electron chi connectivity index (χ1n) is 7.30. The van der Waals surface area contributed by atoms with E-state index < -0.39 is 29.0 Å². The van der Waals surface area contributed by atoms with Gasteiger partial charge in [0.2, 0.25) is 0 Å². The summed E-state index contributed by atoms with van der Waals surface area (Å²) in [4.78, 5) is 23.6. The lowest BCUT2D eigenvalue weighted by Gasteiger charge is -2.16. The Bertz CT molecular complexity index is 445. The standard InChI is InChI=1S/C16H22O5S/c1-3-20-15(17)14(16(18)21-4-2)10-11-22(19)12-13-8-6-5-7-9-13/h5-9,14H,3-4,10-12H2,1-2H3/t22-/m0/s1. The Labute approximate surface area is 134 Å². The van der Waals surface area contributed by atoms with Crippen molar-refractivity contribution in [1.29, 1.82) is 0 Å². The van der Waals surface area contributed by atoms with Crippen molar-refractivity contribution in [3.63, 3.8) is 0 Å². The van der Waals surface area contributed by atoms with E-state index >= 15 is 0 Å². The molecule has 0 unspecified atom stereocenters. The molecule has 5 nitrogen and oxygen atoms in total. The minimum atomic E-state index is -1.15. The quantitative estimate of drug-likeness (QED) is 0.394. The summed E-state index contributed by atoms with van der Waals surface area (Å²) in [7, 11) is 0. The molecule has 0 heterocycles. The van der Waals surface area contributed by atoms with Crippen molar-refractivity contribution in [3.8, 4) is 0 Å². The molecular weight excluding hydrogens is 304 g/mol. The highest BCUT2D eigenvalue weighted by molar-refractivity contribution is 7.90. The second kappa shape index (κ2) is 10.2. The van der Waals surface area contributed by atoms with Crippen LogP contribution in [0.2, 0.25) is 0 Å². The molecule has 0 aliphatic carbocycles. The molecule has 0 bridgehead atoms. The summed E-state index contributed by atoms with van der Waals surface area (Å²) in [6.45, 7) is 3.74. The van der Waals surface area contributed by atoms with Gasteiger partial charge in [-0.2, -0.15) is 0 Å². The van der Waals surface area contributed by atoms with Gasteiger partial charge in [-0.3, -0.25) is 9.59 Å². The fourth-order valence-electron chi connectivity index (χ4n) is 1.90. The highest BCUT2D eigenvalue weighted by atomic mass is 32.2. The second-order valence-corrected chi connectivity index (χ2v) is 6.20. The van der Waals surface area contributed by atoms with Gasteiger partial charge in [0.05, 0.1) is 13.2 Å². The lowest BCUT2D eigenvalue weighted by molar-refractivity contribution is -0.161. The SMILES string of the molecule is CCOC(=O)C(CC[S@+]([O-])Cc1ccccc1)C(=O)OCC. The van der Waals surface area contributed by atoms with Crippen molar-refractivity contribution in [3.05, 3.63) is 35.9 Å². The molecule has 0 radical (unpaired) electrons. The minimum Gasteiger partial charge on any atom is -0.616 e. The molecule has 0 aromatic heterocycles. The Morgan fingerprint density at radius 1 is 1.09 bits per heavy atom. The molecule has 1 aromatic carbocycles. The zero-order valence-electron chi connectivity index (χ0n) is 12.9. The fourth-order valence-corrected chi connectivity index (χ4v) is 3.11. The number of ether oxygens (including phenoxy) is 2. The van der Waals surface area contributed by atoms with E-state index in [9.17, 15) is 14.1 Å². The topological polar surface area (TPSA) is 75.7 Å². The van der Waals surface area contributed by atoms with Crippen LogP contribution in [0.3, 0.4) is 0 Å². The number of rotatable bonds is 9. The van der Waals surface area contributed by atoms with Gasteiger partial charge in [0, 0.05) is 12.0 Å². The van der Waals surface area contributed by atoms with Crippen LogP contribution >= 0.6 is 0 Å². The third kappa shape index (κ3) is 6.49. The van der Waals surface area contributed by atoms with Crippen LogP contribution in [0, 0.1) is 5.92 Å². The molecule has 0 fully saturated rings. The van der Waals surface area contributed by atoms with E-state index in [1.807, 2.05) is 30.3 Å². The highest BCUT2D eigenvalue weighted by Crippen LogP contribution is 2.14. The molecule has 1 rings (SSSR count). The van der Waals surface area contributed by atoms with E-state index in [2.05, 4.69) is 0 Å². The van der Waals surface area contributed by atoms with E-state index in [1.54, 1.807) is 13.8 Å². The molecule has 0 amide bonds. The van der Waals surface area contributed by atoms with E-state index in [1.165, 1.54) is 0 Å². The Morgan fingerprint density at radius 3 is 2.14 bits per heavy atom. The first-order chi connectivity index (χ1) is 10.6. The third-order valence-electron chi connectivity index (χ3n) is 2.95. The Kier molecular flexibility index (Phi) is 8.62. The minimum absolute atomic E-state index is 0.164. The summed E-state index contributed by atoms with van der Waals surface area (Å²) in [6, 6.07) is 9.45. The molecule has 0 aliphatic rings. The maximum atomic E-state index is 12.1. The van der Waals surface area contributed by atoms with E-state index in [0.717, 1.165) is 5.56 Å². The molecule has 122 valence electrons. The molecule has 6 heteroatoms. The summed E-state index contributed by atoms with van der Waals surface area (Å²) < 4.78 is 21.9. The molecular formula is C16H22O5S. The summed E-state index contributed by atoms with van der Waals surface area (Å²) in [5.41, 5.74) is 0.963. The van der Waals surface area contributed by atoms with Crippen molar-refractivity contribution in [1.82, 2.24) is 0 Å². The van der Waals surface area contributed by atoms with E-state index in [0.29, 0.717) is 5.75 Å². The monoisotopic (exact) mass is 326 g/mol. The van der Waals surface area contributed by atoms with Gasteiger partial charge in [-0.1, -0.05) is 30.3 Å². The maximum absolute atomic E-state index is 12.1. The average Bonchev–Trinajstić information content (AvgIpc) is 2.49. The van der Waals surface area contributed by atoms with Crippen molar-refractivity contribution >= 4 is 23.1 Å². The van der Waals surface area contributed by atoms with Gasteiger partial charge in [0.25, 0.3) is 0 Å². The summed E-state index contributed by atoms with van der Waals surface area (Å²) in [5, 5.41) is 0. The van der Waals surface area contributed by atoms with Crippen molar-refractivity contribution < 1.29 is 23.6 Å². The number of hydrogen-bond donors (Lipinski definition) is 0. The van der Waals surface area contributed by atoms with Gasteiger partial charge in [0.1, 0.15) is 11.5 Å². The van der Waals surface area contributed by atoms with Crippen LogP contribution < -0.4 is 0 Å². The fraction of sp³-hybridized carbons (Fsp3) is 0.500. The maximum Gasteiger partial charge on any atom is 0.320 e. The van der Waals surface area contributed by atoms with Gasteiger partial charge in [-0.05, 0) is 25.0 Å². The smallest absolute Gasteiger partial charge is 0.320 e. The lowest BCUT2D eigenvalue weighted by Crippen LogP contribution is -2.30. The van der Waals surface area contributed by atoms with E-state index in [4.69, 9.17) is 9.47 Å². The molecule has 0 spiro atoms. The molecule has 1 atom stereocenters. The Hall–Kier alpha value is -1.53. The van der Waals surface area contributed by atoms with Crippen molar-refractivity contribution in [2.45, 2.75) is 26.0 Å².